The van der Waals surface area contributed by atoms with Crippen molar-refractivity contribution in [1.29, 1.82) is 0 Å². The Bertz CT molecular complexity index is 615. The summed E-state index contributed by atoms with van der Waals surface area (Å²) in [7, 11) is 3.26. The van der Waals surface area contributed by atoms with Crippen LogP contribution >= 0.6 is 11.3 Å². The maximum absolute atomic E-state index is 6.19. The molecule has 4 nitrogen and oxygen atoms in total. The van der Waals surface area contributed by atoms with Gasteiger partial charge in [-0.2, -0.15) is 0 Å². The molecule has 0 aliphatic rings. The molecule has 0 bridgehead atoms. The summed E-state index contributed by atoms with van der Waals surface area (Å²) in [6, 6.07) is 5.78. The first-order chi connectivity index (χ1) is 9.38. The summed E-state index contributed by atoms with van der Waals surface area (Å²) in [4.78, 5) is 5.72. The molecule has 0 saturated heterocycles. The minimum absolute atomic E-state index is 0.397. The zero-order chi connectivity index (χ0) is 14.9. The first-order valence-electron chi connectivity index (χ1n) is 6.36. The third-order valence-corrected chi connectivity index (χ3v) is 4.55. The predicted molar refractivity (Wildman–Crippen MR) is 82.6 cm³/mol. The second-order valence-electron chi connectivity index (χ2n) is 5.20. The van der Waals surface area contributed by atoms with Crippen molar-refractivity contribution < 1.29 is 9.47 Å². The average molecular weight is 292 g/mol. The topological polar surface area (TPSA) is 57.4 Å². The molecule has 0 aliphatic carbocycles. The molecule has 0 radical (unpaired) electrons. The highest BCUT2D eigenvalue weighted by Crippen LogP contribution is 2.41. The van der Waals surface area contributed by atoms with E-state index in [4.69, 9.17) is 15.2 Å². The van der Waals surface area contributed by atoms with E-state index in [0.29, 0.717) is 11.5 Å². The van der Waals surface area contributed by atoms with Gasteiger partial charge < -0.3 is 15.2 Å². The second-order valence-corrected chi connectivity index (χ2v) is 6.20. The van der Waals surface area contributed by atoms with Crippen LogP contribution in [0.2, 0.25) is 0 Å². The lowest BCUT2D eigenvalue weighted by molar-refractivity contribution is 0.356. The fourth-order valence-corrected chi connectivity index (χ4v) is 3.27. The lowest BCUT2D eigenvalue weighted by atomic mass is 10.0. The predicted octanol–water partition coefficient (Wildman–Crippen LogP) is 3.33. The van der Waals surface area contributed by atoms with Gasteiger partial charge in [-0.1, -0.05) is 6.07 Å². The molecule has 0 unspecified atom stereocenters. The van der Waals surface area contributed by atoms with Crippen molar-refractivity contribution in [1.82, 2.24) is 4.98 Å². The number of nitrogens with zero attached hydrogens (tertiary/aromatic N) is 1. The second kappa shape index (κ2) is 5.42. The van der Waals surface area contributed by atoms with E-state index in [-0.39, 0.29) is 0 Å². The molecule has 2 rings (SSSR count). The van der Waals surface area contributed by atoms with Crippen LogP contribution in [0.25, 0.3) is 10.6 Å². The zero-order valence-electron chi connectivity index (χ0n) is 12.5. The Morgan fingerprint density at radius 2 is 1.90 bits per heavy atom. The van der Waals surface area contributed by atoms with Crippen LogP contribution in [0.4, 0.5) is 0 Å². The van der Waals surface area contributed by atoms with Crippen molar-refractivity contribution in [2.24, 2.45) is 5.73 Å². The van der Waals surface area contributed by atoms with Gasteiger partial charge in [0.15, 0.2) is 11.5 Å². The number of hydrogen-bond donors (Lipinski definition) is 1. The molecule has 0 spiro atoms. The van der Waals surface area contributed by atoms with E-state index in [9.17, 15) is 0 Å². The number of aryl methyl sites for hydroxylation is 1. The molecule has 0 aliphatic heterocycles. The average Bonchev–Trinajstić information content (AvgIpc) is 2.79. The van der Waals surface area contributed by atoms with Crippen molar-refractivity contribution in [3.05, 3.63) is 28.8 Å². The maximum Gasteiger partial charge on any atom is 0.170 e. The Balaban J connectivity index is 2.58. The molecule has 5 heteroatoms. The van der Waals surface area contributed by atoms with Gasteiger partial charge in [-0.25, -0.2) is 4.98 Å². The minimum atomic E-state index is -0.397. The molecule has 2 N–H and O–H groups in total. The highest BCUT2D eigenvalue weighted by atomic mass is 32.1. The van der Waals surface area contributed by atoms with Crippen molar-refractivity contribution in [3.63, 3.8) is 0 Å². The fraction of sp³-hybridized carbons (Fsp3) is 0.400. The van der Waals surface area contributed by atoms with E-state index >= 15 is 0 Å². The number of ether oxygens (including phenoxy) is 2. The quantitative estimate of drug-likeness (QED) is 0.939. The first-order valence-corrected chi connectivity index (χ1v) is 7.18. The molecule has 0 fully saturated rings. The monoisotopic (exact) mass is 292 g/mol. The smallest absolute Gasteiger partial charge is 0.170 e. The molecule has 0 saturated carbocycles. The van der Waals surface area contributed by atoms with E-state index in [1.807, 2.05) is 39.0 Å². The van der Waals surface area contributed by atoms with Gasteiger partial charge in [-0.05, 0) is 32.9 Å². The van der Waals surface area contributed by atoms with E-state index in [1.54, 1.807) is 25.6 Å². The molecular weight excluding hydrogens is 272 g/mol. The van der Waals surface area contributed by atoms with Crippen molar-refractivity contribution >= 4 is 11.3 Å². The fourth-order valence-electron chi connectivity index (χ4n) is 2.16. The van der Waals surface area contributed by atoms with E-state index in [1.165, 1.54) is 0 Å². The molecule has 0 amide bonds. The number of aromatic nitrogens is 1. The van der Waals surface area contributed by atoms with Crippen molar-refractivity contribution in [2.45, 2.75) is 26.3 Å². The van der Waals surface area contributed by atoms with Gasteiger partial charge in [0, 0.05) is 10.4 Å². The van der Waals surface area contributed by atoms with Crippen LogP contribution in [0.1, 0.15) is 24.4 Å². The molecule has 2 aromatic rings. The Morgan fingerprint density at radius 3 is 2.40 bits per heavy atom. The minimum Gasteiger partial charge on any atom is -0.493 e. The summed E-state index contributed by atoms with van der Waals surface area (Å²) in [6.45, 7) is 5.96. The highest BCUT2D eigenvalue weighted by molar-refractivity contribution is 7.15. The van der Waals surface area contributed by atoms with Gasteiger partial charge in [0.25, 0.3) is 0 Å². The van der Waals surface area contributed by atoms with Crippen LogP contribution in [-0.4, -0.2) is 19.2 Å². The SMILES string of the molecule is COc1cccc(-c2nc(C)c(C(C)(C)N)s2)c1OC. The Labute approximate surface area is 123 Å². The lowest BCUT2D eigenvalue weighted by Gasteiger charge is -2.16. The Kier molecular flexibility index (Phi) is 4.01. The van der Waals surface area contributed by atoms with Crippen LogP contribution < -0.4 is 15.2 Å². The normalized spacial score (nSPS) is 11.5. The van der Waals surface area contributed by atoms with Gasteiger partial charge in [-0.15, -0.1) is 11.3 Å². The maximum atomic E-state index is 6.19. The molecule has 0 atom stereocenters. The van der Waals surface area contributed by atoms with E-state index in [2.05, 4.69) is 4.98 Å². The third-order valence-electron chi connectivity index (χ3n) is 3.02. The summed E-state index contributed by atoms with van der Waals surface area (Å²) in [5.74, 6) is 1.40. The van der Waals surface area contributed by atoms with Crippen LogP contribution in [0.15, 0.2) is 18.2 Å². The number of thiazole rings is 1. The summed E-state index contributed by atoms with van der Waals surface area (Å²) in [5, 5.41) is 0.895. The lowest BCUT2D eigenvalue weighted by Crippen LogP contribution is -2.28. The zero-order valence-corrected chi connectivity index (χ0v) is 13.3. The number of nitrogens with two attached hydrogens (primary N) is 1. The van der Waals surface area contributed by atoms with E-state index in [0.717, 1.165) is 21.1 Å². The Hall–Kier alpha value is -1.59. The van der Waals surface area contributed by atoms with Gasteiger partial charge in [0.1, 0.15) is 5.01 Å². The molecular formula is C15H20N2O2S. The molecule has 108 valence electrons. The van der Waals surface area contributed by atoms with Crippen LogP contribution in [0.5, 0.6) is 11.5 Å². The first kappa shape index (κ1) is 14.8. The van der Waals surface area contributed by atoms with Gasteiger partial charge in [-0.3, -0.25) is 0 Å². The van der Waals surface area contributed by atoms with E-state index < -0.39 is 5.54 Å². The van der Waals surface area contributed by atoms with Gasteiger partial charge in [0.05, 0.1) is 25.5 Å². The molecule has 1 heterocycles. The van der Waals surface area contributed by atoms with Crippen molar-refractivity contribution in [3.8, 4) is 22.1 Å². The van der Waals surface area contributed by atoms with Crippen LogP contribution in [0.3, 0.4) is 0 Å². The number of para-hydroxylation sites is 1. The third kappa shape index (κ3) is 2.64. The largest absolute Gasteiger partial charge is 0.493 e. The van der Waals surface area contributed by atoms with Crippen LogP contribution in [-0.2, 0) is 5.54 Å². The summed E-state index contributed by atoms with van der Waals surface area (Å²) in [6.07, 6.45) is 0. The molecule has 1 aromatic carbocycles. The number of hydrogen-bond acceptors (Lipinski definition) is 5. The summed E-state index contributed by atoms with van der Waals surface area (Å²) < 4.78 is 10.8. The Morgan fingerprint density at radius 1 is 1.20 bits per heavy atom. The molecule has 1 aromatic heterocycles. The van der Waals surface area contributed by atoms with Gasteiger partial charge >= 0.3 is 0 Å². The van der Waals surface area contributed by atoms with Crippen molar-refractivity contribution in [2.75, 3.05) is 14.2 Å². The highest BCUT2D eigenvalue weighted by Gasteiger charge is 2.23. The molecule has 20 heavy (non-hydrogen) atoms. The number of methoxy groups -OCH3 is 2. The van der Waals surface area contributed by atoms with Crippen LogP contribution in [0, 0.1) is 6.92 Å². The number of rotatable bonds is 4. The summed E-state index contributed by atoms with van der Waals surface area (Å²) in [5.41, 5.74) is 7.68. The standard InChI is InChI=1S/C15H20N2O2S/c1-9-13(15(2,3)16)20-14(17-9)10-7-6-8-11(18-4)12(10)19-5/h6-8H,16H2,1-5H3. The number of benzene rings is 1. The van der Waals surface area contributed by atoms with Gasteiger partial charge in [0.2, 0.25) is 0 Å². The summed E-state index contributed by atoms with van der Waals surface area (Å²) >= 11 is 1.60.